The van der Waals surface area contributed by atoms with Crippen LogP contribution in [0.15, 0.2) is 16.8 Å². The Morgan fingerprint density at radius 3 is 2.44 bits per heavy atom. The minimum Gasteiger partial charge on any atom is -0.351 e. The third-order valence-electron chi connectivity index (χ3n) is 2.09. The van der Waals surface area contributed by atoms with E-state index in [2.05, 4.69) is 31.2 Å². The van der Waals surface area contributed by atoms with Crippen LogP contribution in [0.25, 0.3) is 0 Å². The minimum atomic E-state index is -0.262. The van der Waals surface area contributed by atoms with Crippen molar-refractivity contribution in [3.8, 4) is 0 Å². The van der Waals surface area contributed by atoms with E-state index in [0.717, 1.165) is 6.42 Å². The van der Waals surface area contributed by atoms with Crippen molar-refractivity contribution in [2.24, 2.45) is 5.41 Å². The van der Waals surface area contributed by atoms with E-state index in [1.54, 1.807) is 6.07 Å². The quantitative estimate of drug-likeness (QED) is 0.858. The molecule has 0 aliphatic heterocycles. The normalized spacial score (nSPS) is 12.6. The molecule has 0 aliphatic carbocycles. The molecule has 1 amide bonds. The van der Waals surface area contributed by atoms with Gasteiger partial charge in [0.15, 0.2) is 0 Å². The van der Waals surface area contributed by atoms with Crippen molar-refractivity contribution in [1.82, 2.24) is 10.5 Å². The lowest BCUT2D eigenvalue weighted by Crippen LogP contribution is -2.45. The van der Waals surface area contributed by atoms with Gasteiger partial charge < -0.3 is 9.84 Å². The SMILES string of the molecule is CC(C)(C)CC(C)(C)NC(=O)c1ccno1. The van der Waals surface area contributed by atoms with Crippen LogP contribution in [0, 0.1) is 5.41 Å². The number of aromatic nitrogens is 1. The molecule has 1 heterocycles. The lowest BCUT2D eigenvalue weighted by molar-refractivity contribution is 0.0853. The van der Waals surface area contributed by atoms with Crippen molar-refractivity contribution in [1.29, 1.82) is 0 Å². The molecule has 1 N–H and O–H groups in total. The molecule has 0 radical (unpaired) electrons. The molecular formula is C12H20N2O2. The van der Waals surface area contributed by atoms with Gasteiger partial charge in [-0.3, -0.25) is 4.79 Å². The number of nitrogens with one attached hydrogen (secondary N) is 1. The van der Waals surface area contributed by atoms with Gasteiger partial charge in [0.05, 0.1) is 6.20 Å². The first-order valence-electron chi connectivity index (χ1n) is 5.43. The number of hydrogen-bond acceptors (Lipinski definition) is 3. The van der Waals surface area contributed by atoms with E-state index in [4.69, 9.17) is 4.52 Å². The molecule has 0 saturated heterocycles. The molecule has 0 bridgehead atoms. The number of rotatable bonds is 3. The Kier molecular flexibility index (Phi) is 3.41. The van der Waals surface area contributed by atoms with Crippen LogP contribution in [0.2, 0.25) is 0 Å². The maximum Gasteiger partial charge on any atom is 0.290 e. The third kappa shape index (κ3) is 4.04. The lowest BCUT2D eigenvalue weighted by Gasteiger charge is -2.32. The summed E-state index contributed by atoms with van der Waals surface area (Å²) in [5.74, 6) is 0.0359. The second-order valence-electron chi connectivity index (χ2n) is 5.95. The third-order valence-corrected chi connectivity index (χ3v) is 2.09. The molecule has 90 valence electrons. The van der Waals surface area contributed by atoms with E-state index in [0.29, 0.717) is 0 Å². The molecule has 1 aromatic heterocycles. The van der Waals surface area contributed by atoms with Gasteiger partial charge in [-0.1, -0.05) is 25.9 Å². The first kappa shape index (κ1) is 12.7. The van der Waals surface area contributed by atoms with Crippen molar-refractivity contribution < 1.29 is 9.32 Å². The van der Waals surface area contributed by atoms with Crippen molar-refractivity contribution in [2.45, 2.75) is 46.6 Å². The number of hydrogen-bond donors (Lipinski definition) is 1. The highest BCUT2D eigenvalue weighted by Gasteiger charge is 2.28. The molecule has 4 heteroatoms. The largest absolute Gasteiger partial charge is 0.351 e. The molecule has 0 saturated carbocycles. The fraction of sp³-hybridized carbons (Fsp3) is 0.667. The summed E-state index contributed by atoms with van der Waals surface area (Å²) < 4.78 is 4.81. The summed E-state index contributed by atoms with van der Waals surface area (Å²) >= 11 is 0. The minimum absolute atomic E-state index is 0.165. The van der Waals surface area contributed by atoms with Gasteiger partial charge in [-0.15, -0.1) is 0 Å². The van der Waals surface area contributed by atoms with Gasteiger partial charge in [-0.25, -0.2) is 0 Å². The Morgan fingerprint density at radius 1 is 1.38 bits per heavy atom. The van der Waals surface area contributed by atoms with Gasteiger partial charge in [-0.2, -0.15) is 0 Å². The van der Waals surface area contributed by atoms with Gasteiger partial charge in [0.25, 0.3) is 5.91 Å². The van der Waals surface area contributed by atoms with Crippen LogP contribution in [-0.2, 0) is 0 Å². The Hall–Kier alpha value is -1.32. The number of amides is 1. The van der Waals surface area contributed by atoms with Gasteiger partial charge in [-0.05, 0) is 25.7 Å². The van der Waals surface area contributed by atoms with Crippen LogP contribution >= 0.6 is 0 Å². The second kappa shape index (κ2) is 4.28. The maximum atomic E-state index is 11.8. The van der Waals surface area contributed by atoms with Crippen LogP contribution in [0.1, 0.15) is 51.6 Å². The summed E-state index contributed by atoms with van der Waals surface area (Å²) in [4.78, 5) is 11.8. The van der Waals surface area contributed by atoms with Crippen molar-refractivity contribution >= 4 is 5.91 Å². The van der Waals surface area contributed by atoms with E-state index in [1.165, 1.54) is 6.20 Å². The van der Waals surface area contributed by atoms with Crippen LogP contribution in [-0.4, -0.2) is 16.6 Å². The lowest BCUT2D eigenvalue weighted by atomic mass is 9.82. The Bertz CT molecular complexity index is 348. The van der Waals surface area contributed by atoms with Crippen LogP contribution in [0.5, 0.6) is 0 Å². The van der Waals surface area contributed by atoms with E-state index in [1.807, 2.05) is 13.8 Å². The van der Waals surface area contributed by atoms with Crippen LogP contribution < -0.4 is 5.32 Å². The van der Waals surface area contributed by atoms with Crippen molar-refractivity contribution in [3.63, 3.8) is 0 Å². The Morgan fingerprint density at radius 2 is 2.00 bits per heavy atom. The van der Waals surface area contributed by atoms with E-state index < -0.39 is 0 Å². The summed E-state index contributed by atoms with van der Waals surface area (Å²) in [5.41, 5.74) is -0.0969. The molecule has 16 heavy (non-hydrogen) atoms. The molecule has 0 unspecified atom stereocenters. The highest BCUT2D eigenvalue weighted by molar-refractivity contribution is 5.91. The molecule has 0 spiro atoms. The predicted octanol–water partition coefficient (Wildman–Crippen LogP) is 2.62. The monoisotopic (exact) mass is 224 g/mol. The van der Waals surface area contributed by atoms with Gasteiger partial charge in [0, 0.05) is 11.6 Å². The van der Waals surface area contributed by atoms with E-state index in [9.17, 15) is 4.79 Å². The average Bonchev–Trinajstić information content (AvgIpc) is 2.48. The highest BCUT2D eigenvalue weighted by Crippen LogP contribution is 2.26. The van der Waals surface area contributed by atoms with Crippen LogP contribution in [0.4, 0.5) is 0 Å². The standard InChI is InChI=1S/C12H20N2O2/c1-11(2,3)8-12(4,5)14-10(15)9-6-7-13-16-9/h6-7H,8H2,1-5H3,(H,14,15). The van der Waals surface area contributed by atoms with E-state index >= 15 is 0 Å². The predicted molar refractivity (Wildman–Crippen MR) is 62.1 cm³/mol. The van der Waals surface area contributed by atoms with Gasteiger partial charge in [0.2, 0.25) is 5.76 Å². The number of nitrogens with zero attached hydrogens (tertiary/aromatic N) is 1. The van der Waals surface area contributed by atoms with Gasteiger partial charge >= 0.3 is 0 Å². The maximum absolute atomic E-state index is 11.8. The molecule has 0 atom stereocenters. The zero-order valence-corrected chi connectivity index (χ0v) is 10.6. The van der Waals surface area contributed by atoms with E-state index in [-0.39, 0.29) is 22.6 Å². The number of carbonyl (C=O) groups excluding carboxylic acids is 1. The summed E-state index contributed by atoms with van der Waals surface area (Å²) in [7, 11) is 0. The van der Waals surface area contributed by atoms with Crippen molar-refractivity contribution in [2.75, 3.05) is 0 Å². The van der Waals surface area contributed by atoms with Crippen LogP contribution in [0.3, 0.4) is 0 Å². The Balaban J connectivity index is 2.63. The second-order valence-corrected chi connectivity index (χ2v) is 5.95. The molecule has 0 fully saturated rings. The van der Waals surface area contributed by atoms with Gasteiger partial charge in [0.1, 0.15) is 0 Å². The summed E-state index contributed by atoms with van der Waals surface area (Å²) in [6, 6.07) is 1.56. The molecule has 0 aliphatic rings. The first-order chi connectivity index (χ1) is 7.20. The molecular weight excluding hydrogens is 204 g/mol. The smallest absolute Gasteiger partial charge is 0.290 e. The zero-order valence-electron chi connectivity index (χ0n) is 10.6. The fourth-order valence-electron chi connectivity index (χ4n) is 2.07. The highest BCUT2D eigenvalue weighted by atomic mass is 16.5. The Labute approximate surface area is 96.4 Å². The molecule has 0 aromatic carbocycles. The number of carbonyl (C=O) groups is 1. The summed E-state index contributed by atoms with van der Waals surface area (Å²) in [6.45, 7) is 10.5. The fourth-order valence-corrected chi connectivity index (χ4v) is 2.07. The topological polar surface area (TPSA) is 55.1 Å². The zero-order chi connectivity index (χ0) is 12.4. The van der Waals surface area contributed by atoms with Crippen molar-refractivity contribution in [3.05, 3.63) is 18.0 Å². The molecule has 4 nitrogen and oxygen atoms in total. The average molecular weight is 224 g/mol. The summed E-state index contributed by atoms with van der Waals surface area (Å²) in [6.07, 6.45) is 2.35. The molecule has 1 aromatic rings. The molecule has 1 rings (SSSR count). The summed E-state index contributed by atoms with van der Waals surface area (Å²) in [5, 5.41) is 6.45. The first-order valence-corrected chi connectivity index (χ1v) is 5.43.